The number of benzene rings is 1. The van der Waals surface area contributed by atoms with Gasteiger partial charge in [-0.15, -0.1) is 0 Å². The molecule has 7 heteroatoms. The van der Waals surface area contributed by atoms with E-state index in [1.54, 1.807) is 7.11 Å². The number of carbonyl (C=O) groups excluding carboxylic acids is 2. The molecule has 2 aliphatic rings. The van der Waals surface area contributed by atoms with Crippen molar-refractivity contribution in [1.29, 1.82) is 0 Å². The molecule has 0 unspecified atom stereocenters. The first-order valence-corrected chi connectivity index (χ1v) is 11.0. The van der Waals surface area contributed by atoms with Crippen molar-refractivity contribution < 1.29 is 24.0 Å². The van der Waals surface area contributed by atoms with E-state index in [4.69, 9.17) is 14.3 Å². The molecule has 0 radical (unpaired) electrons. The van der Waals surface area contributed by atoms with Crippen LogP contribution in [0, 0.1) is 5.41 Å². The van der Waals surface area contributed by atoms with Crippen LogP contribution in [-0.4, -0.2) is 34.7 Å². The lowest BCUT2D eigenvalue weighted by molar-refractivity contribution is -0.117. The molecule has 1 fully saturated rings. The number of allylic oxidation sites excluding steroid dienone is 2. The fourth-order valence-corrected chi connectivity index (χ4v) is 4.44. The quantitative estimate of drug-likeness (QED) is 0.516. The SMILES string of the molecule is COc1ccc(N=C2CC(C)(C)CC(=O)/C2=C(/O)CCc2noc3c2C(=O)CCC3)cc1. The van der Waals surface area contributed by atoms with Gasteiger partial charge in [0.15, 0.2) is 11.6 Å². The van der Waals surface area contributed by atoms with Crippen LogP contribution in [0.3, 0.4) is 0 Å². The van der Waals surface area contributed by atoms with Gasteiger partial charge in [0.2, 0.25) is 0 Å². The maximum atomic E-state index is 13.0. The highest BCUT2D eigenvalue weighted by Crippen LogP contribution is 2.37. The van der Waals surface area contributed by atoms with Gasteiger partial charge in [0, 0.05) is 32.1 Å². The topological polar surface area (TPSA) is 102 Å². The van der Waals surface area contributed by atoms with E-state index in [2.05, 4.69) is 5.16 Å². The number of aromatic nitrogens is 1. The molecule has 32 heavy (non-hydrogen) atoms. The number of hydrogen-bond acceptors (Lipinski definition) is 7. The maximum absolute atomic E-state index is 13.0. The highest BCUT2D eigenvalue weighted by atomic mass is 16.5. The molecule has 2 aliphatic carbocycles. The maximum Gasteiger partial charge on any atom is 0.168 e. The van der Waals surface area contributed by atoms with Gasteiger partial charge in [-0.2, -0.15) is 0 Å². The van der Waals surface area contributed by atoms with Crippen molar-refractivity contribution in [2.24, 2.45) is 10.4 Å². The zero-order chi connectivity index (χ0) is 22.9. The number of fused-ring (bicyclic) bond motifs is 1. The summed E-state index contributed by atoms with van der Waals surface area (Å²) in [5.41, 5.74) is 2.40. The molecule has 0 saturated heterocycles. The number of aryl methyl sites for hydroxylation is 2. The van der Waals surface area contributed by atoms with E-state index in [0.29, 0.717) is 60.5 Å². The molecule has 0 bridgehead atoms. The second kappa shape index (κ2) is 8.73. The molecule has 0 atom stereocenters. The summed E-state index contributed by atoms with van der Waals surface area (Å²) in [4.78, 5) is 30.0. The van der Waals surface area contributed by atoms with Gasteiger partial charge in [0.05, 0.1) is 35.3 Å². The van der Waals surface area contributed by atoms with Gasteiger partial charge in [-0.25, -0.2) is 0 Å². The Kier molecular flexibility index (Phi) is 6.00. The van der Waals surface area contributed by atoms with Gasteiger partial charge in [-0.05, 0) is 42.5 Å². The molecule has 2 aromatic rings. The van der Waals surface area contributed by atoms with E-state index in [1.807, 2.05) is 38.1 Å². The second-order valence-electron chi connectivity index (χ2n) is 9.22. The van der Waals surface area contributed by atoms with Crippen LogP contribution in [0.5, 0.6) is 5.75 Å². The molecular weight excluding hydrogens is 408 g/mol. The third-order valence-corrected chi connectivity index (χ3v) is 6.00. The first kappa shape index (κ1) is 22.0. The second-order valence-corrected chi connectivity index (χ2v) is 9.22. The van der Waals surface area contributed by atoms with Gasteiger partial charge < -0.3 is 14.4 Å². The van der Waals surface area contributed by atoms with E-state index in [0.717, 1.165) is 12.2 Å². The van der Waals surface area contributed by atoms with E-state index in [1.165, 1.54) is 0 Å². The average molecular weight is 437 g/mol. The normalized spacial score (nSPS) is 20.9. The minimum absolute atomic E-state index is 0.0160. The van der Waals surface area contributed by atoms with Gasteiger partial charge in [0.1, 0.15) is 17.3 Å². The summed E-state index contributed by atoms with van der Waals surface area (Å²) in [6.07, 6.45) is 3.38. The van der Waals surface area contributed by atoms with Crippen LogP contribution >= 0.6 is 0 Å². The van der Waals surface area contributed by atoms with Crippen LogP contribution in [0.1, 0.15) is 67.8 Å². The highest BCUT2D eigenvalue weighted by molar-refractivity contribution is 6.25. The smallest absolute Gasteiger partial charge is 0.168 e. The van der Waals surface area contributed by atoms with Crippen molar-refractivity contribution in [2.45, 2.75) is 58.8 Å². The number of rotatable bonds is 5. The number of aliphatic hydroxyl groups excluding tert-OH is 1. The highest BCUT2D eigenvalue weighted by Gasteiger charge is 2.36. The number of aliphatic hydroxyl groups is 1. The molecular formula is C25H28N2O5. The average Bonchev–Trinajstić information content (AvgIpc) is 3.16. The minimum Gasteiger partial charge on any atom is -0.511 e. The van der Waals surface area contributed by atoms with E-state index < -0.39 is 0 Å². The molecule has 1 heterocycles. The Balaban J connectivity index is 1.63. The molecule has 1 N–H and O–H groups in total. The van der Waals surface area contributed by atoms with Crippen molar-refractivity contribution in [3.05, 3.63) is 52.6 Å². The van der Waals surface area contributed by atoms with Crippen molar-refractivity contribution in [3.63, 3.8) is 0 Å². The Labute approximate surface area is 187 Å². The number of ketones is 2. The number of carbonyl (C=O) groups is 2. The minimum atomic E-state index is -0.246. The van der Waals surface area contributed by atoms with E-state index in [9.17, 15) is 14.7 Å². The summed E-state index contributed by atoms with van der Waals surface area (Å²) in [6, 6.07) is 7.26. The van der Waals surface area contributed by atoms with Crippen LogP contribution in [0.4, 0.5) is 5.69 Å². The molecule has 1 saturated carbocycles. The summed E-state index contributed by atoms with van der Waals surface area (Å²) in [5, 5.41) is 15.0. The zero-order valence-corrected chi connectivity index (χ0v) is 18.7. The lowest BCUT2D eigenvalue weighted by Crippen LogP contribution is -2.32. The number of methoxy groups -OCH3 is 1. The monoisotopic (exact) mass is 436 g/mol. The lowest BCUT2D eigenvalue weighted by Gasteiger charge is -2.31. The predicted octanol–water partition coefficient (Wildman–Crippen LogP) is 5.11. The molecule has 0 spiro atoms. The molecule has 1 aromatic carbocycles. The Bertz CT molecular complexity index is 1110. The number of nitrogens with zero attached hydrogens (tertiary/aromatic N) is 2. The van der Waals surface area contributed by atoms with Crippen molar-refractivity contribution in [1.82, 2.24) is 5.16 Å². The molecule has 7 nitrogen and oxygen atoms in total. The van der Waals surface area contributed by atoms with Gasteiger partial charge >= 0.3 is 0 Å². The van der Waals surface area contributed by atoms with E-state index in [-0.39, 0.29) is 34.7 Å². The van der Waals surface area contributed by atoms with Crippen LogP contribution in [0.25, 0.3) is 0 Å². The predicted molar refractivity (Wildman–Crippen MR) is 120 cm³/mol. The van der Waals surface area contributed by atoms with Crippen molar-refractivity contribution in [2.75, 3.05) is 7.11 Å². The van der Waals surface area contributed by atoms with Crippen LogP contribution in [0.2, 0.25) is 0 Å². The number of aliphatic imine (C=N–C) groups is 1. The molecule has 0 amide bonds. The molecule has 0 aliphatic heterocycles. The summed E-state index contributed by atoms with van der Waals surface area (Å²) in [5.74, 6) is 1.24. The van der Waals surface area contributed by atoms with Crippen LogP contribution < -0.4 is 4.74 Å². The van der Waals surface area contributed by atoms with Crippen LogP contribution in [-0.2, 0) is 17.6 Å². The number of hydrogen-bond donors (Lipinski definition) is 1. The molecule has 1 aromatic heterocycles. The summed E-state index contributed by atoms with van der Waals surface area (Å²) in [7, 11) is 1.60. The first-order chi connectivity index (χ1) is 15.3. The fourth-order valence-electron chi connectivity index (χ4n) is 4.44. The number of Topliss-reactive ketones (excluding diaryl/α,β-unsaturated/α-hetero) is 2. The molecule has 168 valence electrons. The summed E-state index contributed by atoms with van der Waals surface area (Å²) in [6.45, 7) is 4.05. The Hall–Kier alpha value is -3.22. The first-order valence-electron chi connectivity index (χ1n) is 11.0. The lowest BCUT2D eigenvalue weighted by atomic mass is 9.73. The zero-order valence-electron chi connectivity index (χ0n) is 18.7. The summed E-state index contributed by atoms with van der Waals surface area (Å²) >= 11 is 0. The van der Waals surface area contributed by atoms with Crippen molar-refractivity contribution in [3.8, 4) is 5.75 Å². The van der Waals surface area contributed by atoms with Gasteiger partial charge in [-0.3, -0.25) is 14.6 Å². The Morgan fingerprint density at radius 2 is 1.91 bits per heavy atom. The number of ether oxygens (including phenoxy) is 1. The van der Waals surface area contributed by atoms with Gasteiger partial charge in [0.25, 0.3) is 0 Å². The van der Waals surface area contributed by atoms with Crippen molar-refractivity contribution >= 4 is 23.0 Å². The van der Waals surface area contributed by atoms with Crippen LogP contribution in [0.15, 0.2) is 45.1 Å². The summed E-state index contributed by atoms with van der Waals surface area (Å²) < 4.78 is 10.5. The fraction of sp³-hybridized carbons (Fsp3) is 0.440. The third-order valence-electron chi connectivity index (χ3n) is 6.00. The standard InChI is InChI=1S/C25H28N2O5/c1-25(2)13-18(26-15-7-9-16(31-3)10-8-15)23(21(30)14-25)20(29)12-11-17-24-19(28)5-4-6-22(24)32-27-17/h7-10,29H,4-6,11-14H2,1-3H3/b23-20+,26-18?. The largest absolute Gasteiger partial charge is 0.511 e. The van der Waals surface area contributed by atoms with Gasteiger partial charge in [-0.1, -0.05) is 19.0 Å². The third kappa shape index (κ3) is 4.52. The van der Waals surface area contributed by atoms with E-state index >= 15 is 0 Å². The molecule has 4 rings (SSSR count). The Morgan fingerprint density at radius 1 is 1.16 bits per heavy atom. The Morgan fingerprint density at radius 3 is 2.62 bits per heavy atom.